The molecule has 0 saturated carbocycles. The molecule has 0 aliphatic carbocycles. The summed E-state index contributed by atoms with van der Waals surface area (Å²) in [6.45, 7) is 6.20. The second kappa shape index (κ2) is 6.72. The van der Waals surface area contributed by atoms with Gasteiger partial charge < -0.3 is 0 Å². The topological polar surface area (TPSA) is 42.0 Å². The summed E-state index contributed by atoms with van der Waals surface area (Å²) in [7, 11) is 0. The zero-order valence-corrected chi connectivity index (χ0v) is 15.0. The summed E-state index contributed by atoms with van der Waals surface area (Å²) in [4.78, 5) is 18.2. The highest BCUT2D eigenvalue weighted by atomic mass is 32.2. The Balaban J connectivity index is 1.90. The molecule has 0 aliphatic heterocycles. The van der Waals surface area contributed by atoms with Gasteiger partial charge in [0.2, 0.25) is 0 Å². The van der Waals surface area contributed by atoms with E-state index in [-0.39, 0.29) is 5.91 Å². The van der Waals surface area contributed by atoms with Crippen molar-refractivity contribution in [2.24, 2.45) is 0 Å². The highest BCUT2D eigenvalue weighted by Gasteiger charge is 2.14. The molecule has 3 rings (SSSR count). The summed E-state index contributed by atoms with van der Waals surface area (Å²) < 4.78 is 1.11. The number of amides is 1. The highest BCUT2D eigenvalue weighted by molar-refractivity contribution is 7.99. The molecule has 0 unspecified atom stereocenters. The maximum Gasteiger partial charge on any atom is 0.258 e. The zero-order chi connectivity index (χ0) is 16.4. The number of fused-ring (bicyclic) bond motifs is 1. The number of carbonyl (C=O) groups excluding carboxylic acids is 1. The van der Waals surface area contributed by atoms with E-state index in [0.717, 1.165) is 26.4 Å². The van der Waals surface area contributed by atoms with Gasteiger partial charge in [-0.2, -0.15) is 0 Å². The maximum absolute atomic E-state index is 12.6. The van der Waals surface area contributed by atoms with Crippen LogP contribution in [0.3, 0.4) is 0 Å². The van der Waals surface area contributed by atoms with Crippen LogP contribution in [0.25, 0.3) is 10.2 Å². The minimum absolute atomic E-state index is 0.102. The Labute approximate surface area is 144 Å². The standard InChI is InChI=1S/C18H18N2OS2/c1-4-22-14-8-6-5-7-13(14)17(21)20-18-19-16-12(3)9-11(2)10-15(16)23-18/h5-10H,4H2,1-3H3,(H,19,20,21). The van der Waals surface area contributed by atoms with Gasteiger partial charge in [0.25, 0.3) is 5.91 Å². The second-order valence-electron chi connectivity index (χ2n) is 5.33. The van der Waals surface area contributed by atoms with Crippen molar-refractivity contribution in [2.75, 3.05) is 11.1 Å². The number of aryl methyl sites for hydroxylation is 2. The summed E-state index contributed by atoms with van der Waals surface area (Å²) >= 11 is 3.19. The van der Waals surface area contributed by atoms with Crippen LogP contribution >= 0.6 is 23.1 Å². The first kappa shape index (κ1) is 16.0. The maximum atomic E-state index is 12.6. The number of nitrogens with one attached hydrogen (secondary N) is 1. The summed E-state index contributed by atoms with van der Waals surface area (Å²) in [6, 6.07) is 11.9. The largest absolute Gasteiger partial charge is 0.298 e. The Bertz CT molecular complexity index is 871. The predicted molar refractivity (Wildman–Crippen MR) is 99.9 cm³/mol. The van der Waals surface area contributed by atoms with Gasteiger partial charge in [0.15, 0.2) is 5.13 Å². The van der Waals surface area contributed by atoms with Gasteiger partial charge in [-0.15, -0.1) is 11.8 Å². The van der Waals surface area contributed by atoms with Gasteiger partial charge in [-0.25, -0.2) is 4.98 Å². The van der Waals surface area contributed by atoms with Crippen LogP contribution in [-0.4, -0.2) is 16.6 Å². The average molecular weight is 342 g/mol. The quantitative estimate of drug-likeness (QED) is 0.656. The second-order valence-corrected chi connectivity index (χ2v) is 7.67. The molecule has 118 valence electrons. The van der Waals surface area contributed by atoms with E-state index in [0.29, 0.717) is 10.7 Å². The SMILES string of the molecule is CCSc1ccccc1C(=O)Nc1nc2c(C)cc(C)cc2s1. The molecule has 3 aromatic rings. The third-order valence-electron chi connectivity index (χ3n) is 3.48. The normalized spacial score (nSPS) is 10.9. The minimum atomic E-state index is -0.102. The van der Waals surface area contributed by atoms with Crippen molar-refractivity contribution < 1.29 is 4.79 Å². The van der Waals surface area contributed by atoms with E-state index < -0.39 is 0 Å². The molecule has 0 bridgehead atoms. The van der Waals surface area contributed by atoms with Gasteiger partial charge in [0.1, 0.15) is 0 Å². The number of hydrogen-bond acceptors (Lipinski definition) is 4. The molecule has 2 aromatic carbocycles. The van der Waals surface area contributed by atoms with Crippen LogP contribution in [-0.2, 0) is 0 Å². The molecule has 0 atom stereocenters. The van der Waals surface area contributed by atoms with Crippen molar-refractivity contribution in [2.45, 2.75) is 25.7 Å². The molecule has 0 fully saturated rings. The number of thioether (sulfide) groups is 1. The Morgan fingerprint density at radius 1 is 1.26 bits per heavy atom. The van der Waals surface area contributed by atoms with Gasteiger partial charge in [-0.1, -0.05) is 36.5 Å². The molecule has 3 nitrogen and oxygen atoms in total. The van der Waals surface area contributed by atoms with Crippen molar-refractivity contribution >= 4 is 44.4 Å². The van der Waals surface area contributed by atoms with E-state index in [1.54, 1.807) is 11.8 Å². The number of anilines is 1. The fourth-order valence-corrected chi connectivity index (χ4v) is 4.36. The number of hydrogen-bond donors (Lipinski definition) is 1. The fraction of sp³-hybridized carbons (Fsp3) is 0.222. The number of aromatic nitrogens is 1. The number of thiazole rings is 1. The van der Waals surface area contributed by atoms with Gasteiger partial charge in [0.05, 0.1) is 15.8 Å². The third kappa shape index (κ3) is 3.41. The smallest absolute Gasteiger partial charge is 0.258 e. The van der Waals surface area contributed by atoms with Gasteiger partial charge in [-0.05, 0) is 48.9 Å². The molecule has 1 heterocycles. The third-order valence-corrected chi connectivity index (χ3v) is 5.36. The first-order chi connectivity index (χ1) is 11.1. The van der Waals surface area contributed by atoms with E-state index in [1.165, 1.54) is 16.9 Å². The van der Waals surface area contributed by atoms with E-state index >= 15 is 0 Å². The van der Waals surface area contributed by atoms with Crippen molar-refractivity contribution in [3.63, 3.8) is 0 Å². The molecular formula is C18H18N2OS2. The number of rotatable bonds is 4. The highest BCUT2D eigenvalue weighted by Crippen LogP contribution is 2.30. The monoisotopic (exact) mass is 342 g/mol. The molecule has 0 radical (unpaired) electrons. The predicted octanol–water partition coefficient (Wildman–Crippen LogP) is 5.28. The van der Waals surface area contributed by atoms with Crippen LogP contribution in [0.2, 0.25) is 0 Å². The Morgan fingerprint density at radius 3 is 2.83 bits per heavy atom. The van der Waals surface area contributed by atoms with Crippen molar-refractivity contribution in [3.8, 4) is 0 Å². The van der Waals surface area contributed by atoms with Gasteiger partial charge in [0, 0.05) is 4.90 Å². The van der Waals surface area contributed by atoms with E-state index in [9.17, 15) is 4.79 Å². The molecule has 23 heavy (non-hydrogen) atoms. The summed E-state index contributed by atoms with van der Waals surface area (Å²) in [5.41, 5.74) is 4.01. The van der Waals surface area contributed by atoms with Crippen LogP contribution < -0.4 is 5.32 Å². The molecule has 0 aliphatic rings. The van der Waals surface area contributed by atoms with Crippen LogP contribution in [0.1, 0.15) is 28.4 Å². The zero-order valence-electron chi connectivity index (χ0n) is 13.3. The van der Waals surface area contributed by atoms with Crippen molar-refractivity contribution in [1.29, 1.82) is 0 Å². The molecule has 1 amide bonds. The van der Waals surface area contributed by atoms with Crippen LogP contribution in [0, 0.1) is 13.8 Å². The van der Waals surface area contributed by atoms with Gasteiger partial charge >= 0.3 is 0 Å². The lowest BCUT2D eigenvalue weighted by molar-refractivity contribution is 0.102. The Morgan fingerprint density at radius 2 is 2.04 bits per heavy atom. The molecule has 1 N–H and O–H groups in total. The summed E-state index contributed by atoms with van der Waals surface area (Å²) in [6.07, 6.45) is 0. The minimum Gasteiger partial charge on any atom is -0.298 e. The molecule has 0 spiro atoms. The number of nitrogens with zero attached hydrogens (tertiary/aromatic N) is 1. The molecule has 1 aromatic heterocycles. The van der Waals surface area contributed by atoms with Crippen LogP contribution in [0.15, 0.2) is 41.3 Å². The lowest BCUT2D eigenvalue weighted by Gasteiger charge is -2.07. The lowest BCUT2D eigenvalue weighted by Crippen LogP contribution is -2.12. The summed E-state index contributed by atoms with van der Waals surface area (Å²) in [5, 5.41) is 3.60. The average Bonchev–Trinajstić information content (AvgIpc) is 2.90. The Kier molecular flexibility index (Phi) is 4.68. The summed E-state index contributed by atoms with van der Waals surface area (Å²) in [5.74, 6) is 0.833. The number of benzene rings is 2. The first-order valence-corrected chi connectivity index (χ1v) is 9.29. The van der Waals surface area contributed by atoms with Gasteiger partial charge in [-0.3, -0.25) is 10.1 Å². The molecular weight excluding hydrogens is 324 g/mol. The first-order valence-electron chi connectivity index (χ1n) is 7.49. The van der Waals surface area contributed by atoms with Crippen LogP contribution in [0.4, 0.5) is 5.13 Å². The molecule has 5 heteroatoms. The van der Waals surface area contributed by atoms with Crippen LogP contribution in [0.5, 0.6) is 0 Å². The van der Waals surface area contributed by atoms with Crippen molar-refractivity contribution in [3.05, 3.63) is 53.1 Å². The van der Waals surface area contributed by atoms with E-state index in [4.69, 9.17) is 0 Å². The van der Waals surface area contributed by atoms with E-state index in [1.807, 2.05) is 31.2 Å². The van der Waals surface area contributed by atoms with Crippen molar-refractivity contribution in [1.82, 2.24) is 4.98 Å². The Hall–Kier alpha value is -1.85. The lowest BCUT2D eigenvalue weighted by atomic mass is 10.1. The fourth-order valence-electron chi connectivity index (χ4n) is 2.52. The molecule has 0 saturated heterocycles. The van der Waals surface area contributed by atoms with E-state index in [2.05, 4.69) is 36.3 Å². The number of carbonyl (C=O) groups is 1.